The van der Waals surface area contributed by atoms with Crippen molar-refractivity contribution >= 4 is 41.0 Å². The van der Waals surface area contributed by atoms with Crippen LogP contribution in [0.2, 0.25) is 0 Å². The summed E-state index contributed by atoms with van der Waals surface area (Å²) in [4.78, 5) is 66.2. The van der Waals surface area contributed by atoms with E-state index in [-0.39, 0.29) is 31.0 Å². The third-order valence-electron chi connectivity index (χ3n) is 4.98. The number of rotatable bonds is 7. The molecule has 0 aliphatic carbocycles. The van der Waals surface area contributed by atoms with Crippen LogP contribution in [-0.2, 0) is 39.0 Å². The molecule has 0 bridgehead atoms. The van der Waals surface area contributed by atoms with Gasteiger partial charge in [-0.3, -0.25) is 28.8 Å². The topological polar surface area (TPSA) is 143 Å². The van der Waals surface area contributed by atoms with Crippen molar-refractivity contribution < 1.29 is 33.5 Å². The van der Waals surface area contributed by atoms with E-state index in [1.807, 2.05) is 20.8 Å². The first-order valence-corrected chi connectivity index (χ1v) is 11.0. The van der Waals surface area contributed by atoms with E-state index in [1.165, 1.54) is 13.8 Å². The van der Waals surface area contributed by atoms with Crippen LogP contribution >= 0.6 is 0 Å². The van der Waals surface area contributed by atoms with Crippen LogP contribution in [0.25, 0.3) is 0 Å². The lowest BCUT2D eigenvalue weighted by Crippen LogP contribution is -2.52. The monoisotopic (exact) mass is 476 g/mol. The Morgan fingerprint density at radius 2 is 1.85 bits per heavy atom. The van der Waals surface area contributed by atoms with Gasteiger partial charge in [-0.25, -0.2) is 5.06 Å². The minimum atomic E-state index is -1.10. The number of cyclic esters (lactones) is 1. The number of amides is 4. The molecule has 0 spiro atoms. The molecule has 34 heavy (non-hydrogen) atoms. The van der Waals surface area contributed by atoms with Gasteiger partial charge in [0.25, 0.3) is 5.91 Å². The molecule has 1 aliphatic rings. The molecule has 11 nitrogen and oxygen atoms in total. The number of ether oxygens (including phenoxy) is 1. The van der Waals surface area contributed by atoms with E-state index in [2.05, 4.69) is 16.0 Å². The highest BCUT2D eigenvalue weighted by molar-refractivity contribution is 6.40. The maximum atomic E-state index is 12.8. The summed E-state index contributed by atoms with van der Waals surface area (Å²) in [5.41, 5.74) is 1.20. The summed E-state index contributed by atoms with van der Waals surface area (Å²) < 4.78 is 4.89. The number of hydrogen-bond donors (Lipinski definition) is 3. The number of anilines is 2. The normalized spacial score (nSPS) is 16.3. The second kappa shape index (κ2) is 11.1. The van der Waals surface area contributed by atoms with Gasteiger partial charge in [0.05, 0.1) is 13.0 Å². The smallest absolute Gasteiger partial charge is 0.313 e. The Morgan fingerprint density at radius 3 is 2.38 bits per heavy atom. The van der Waals surface area contributed by atoms with Crippen molar-refractivity contribution in [2.75, 3.05) is 23.8 Å². The fourth-order valence-electron chi connectivity index (χ4n) is 3.41. The van der Waals surface area contributed by atoms with Crippen molar-refractivity contribution in [1.29, 1.82) is 0 Å². The number of benzene rings is 1. The molecule has 0 radical (unpaired) electrons. The number of nitrogens with one attached hydrogen (secondary N) is 3. The lowest BCUT2D eigenvalue weighted by Gasteiger charge is -2.28. The number of carbonyl (C=O) groups excluding carboxylic acids is 5. The molecule has 1 saturated heterocycles. The highest BCUT2D eigenvalue weighted by Gasteiger charge is 2.36. The predicted octanol–water partition coefficient (Wildman–Crippen LogP) is 1.48. The number of esters is 1. The van der Waals surface area contributed by atoms with E-state index < -0.39 is 35.8 Å². The number of nitrogens with zero attached hydrogens (tertiary/aromatic N) is 1. The van der Waals surface area contributed by atoms with Gasteiger partial charge < -0.3 is 20.7 Å². The van der Waals surface area contributed by atoms with E-state index in [0.29, 0.717) is 11.4 Å². The Balaban J connectivity index is 2.13. The van der Waals surface area contributed by atoms with Crippen LogP contribution in [0.15, 0.2) is 18.2 Å². The Kier molecular flexibility index (Phi) is 8.74. The molecule has 0 saturated carbocycles. The first-order chi connectivity index (χ1) is 15.8. The Labute approximate surface area is 198 Å². The number of hydroxylamine groups is 2. The lowest BCUT2D eigenvalue weighted by atomic mass is 9.85. The molecule has 11 heteroatoms. The van der Waals surface area contributed by atoms with Gasteiger partial charge in [0.15, 0.2) is 0 Å². The van der Waals surface area contributed by atoms with Crippen molar-refractivity contribution in [1.82, 2.24) is 10.4 Å². The van der Waals surface area contributed by atoms with E-state index in [0.717, 1.165) is 10.6 Å². The van der Waals surface area contributed by atoms with Crippen LogP contribution in [0.4, 0.5) is 11.4 Å². The molecule has 0 aromatic heterocycles. The van der Waals surface area contributed by atoms with Crippen LogP contribution in [0, 0.1) is 0 Å². The van der Waals surface area contributed by atoms with Gasteiger partial charge in [-0.1, -0.05) is 26.8 Å². The quantitative estimate of drug-likeness (QED) is 0.307. The average Bonchev–Trinajstić information content (AvgIpc) is 3.16. The molecule has 2 atom stereocenters. The largest absolute Gasteiger partial charge is 0.463 e. The molecular weight excluding hydrogens is 444 g/mol. The molecule has 3 N–H and O–H groups in total. The molecule has 186 valence electrons. The third-order valence-corrected chi connectivity index (χ3v) is 4.98. The molecule has 1 heterocycles. The lowest BCUT2D eigenvalue weighted by molar-refractivity contribution is -0.200. The second-order valence-corrected chi connectivity index (χ2v) is 8.96. The summed E-state index contributed by atoms with van der Waals surface area (Å²) in [6.07, 6.45) is -0.0207. The van der Waals surface area contributed by atoms with Crippen molar-refractivity contribution in [3.8, 4) is 0 Å². The number of carbonyl (C=O) groups is 5. The van der Waals surface area contributed by atoms with E-state index in [1.54, 1.807) is 25.1 Å². The van der Waals surface area contributed by atoms with E-state index in [4.69, 9.17) is 9.57 Å². The second-order valence-electron chi connectivity index (χ2n) is 8.96. The van der Waals surface area contributed by atoms with Crippen LogP contribution in [0.3, 0.4) is 0 Å². The SMILES string of the molecule is CCON(C(=O)C(C)NC(=O)C(=O)Nc1cc(NC(C)=O)ccc1C(C)(C)C)C1COC(=O)C1. The maximum Gasteiger partial charge on any atom is 0.313 e. The highest BCUT2D eigenvalue weighted by Crippen LogP contribution is 2.32. The van der Waals surface area contributed by atoms with Gasteiger partial charge in [-0.15, -0.1) is 0 Å². The third kappa shape index (κ3) is 7.01. The fraction of sp³-hybridized carbons (Fsp3) is 0.522. The molecule has 1 fully saturated rings. The van der Waals surface area contributed by atoms with Gasteiger partial charge in [-0.05, 0) is 37.0 Å². The molecular formula is C23H32N4O7. The minimum absolute atomic E-state index is 0.00799. The minimum Gasteiger partial charge on any atom is -0.463 e. The Hall–Kier alpha value is -3.47. The average molecular weight is 477 g/mol. The van der Waals surface area contributed by atoms with E-state index in [9.17, 15) is 24.0 Å². The molecule has 1 aliphatic heterocycles. The molecule has 2 rings (SSSR count). The summed E-state index contributed by atoms with van der Waals surface area (Å²) in [6.45, 7) is 10.4. The first kappa shape index (κ1) is 26.8. The van der Waals surface area contributed by atoms with Gasteiger partial charge in [-0.2, -0.15) is 0 Å². The maximum absolute atomic E-state index is 12.8. The Morgan fingerprint density at radius 1 is 1.18 bits per heavy atom. The summed E-state index contributed by atoms with van der Waals surface area (Å²) in [5, 5.41) is 8.58. The summed E-state index contributed by atoms with van der Waals surface area (Å²) in [7, 11) is 0. The molecule has 2 unspecified atom stereocenters. The van der Waals surface area contributed by atoms with Crippen LogP contribution < -0.4 is 16.0 Å². The first-order valence-electron chi connectivity index (χ1n) is 11.0. The van der Waals surface area contributed by atoms with Gasteiger partial charge >= 0.3 is 17.8 Å². The van der Waals surface area contributed by atoms with Gasteiger partial charge in [0.2, 0.25) is 5.91 Å². The Bertz CT molecular complexity index is 971. The van der Waals surface area contributed by atoms with Gasteiger partial charge in [0.1, 0.15) is 18.7 Å². The van der Waals surface area contributed by atoms with Crippen molar-refractivity contribution in [2.45, 2.75) is 65.5 Å². The predicted molar refractivity (Wildman–Crippen MR) is 124 cm³/mol. The van der Waals surface area contributed by atoms with Gasteiger partial charge in [0, 0.05) is 18.3 Å². The zero-order valence-electron chi connectivity index (χ0n) is 20.3. The summed E-state index contributed by atoms with van der Waals surface area (Å²) in [6, 6.07) is 3.32. The standard InChI is InChI=1S/C23H32N4O7/c1-7-34-27(16-11-19(29)33-12-16)22(32)13(2)24-20(30)21(31)26-18-10-15(25-14(3)28)8-9-17(18)23(4,5)6/h8-10,13,16H,7,11-12H2,1-6H3,(H,24,30)(H,25,28)(H,26,31). The summed E-state index contributed by atoms with van der Waals surface area (Å²) in [5.74, 6) is -3.35. The molecule has 1 aromatic carbocycles. The fourth-order valence-corrected chi connectivity index (χ4v) is 3.41. The molecule has 1 aromatic rings. The van der Waals surface area contributed by atoms with E-state index >= 15 is 0 Å². The van der Waals surface area contributed by atoms with Crippen molar-refractivity contribution in [2.24, 2.45) is 0 Å². The zero-order chi connectivity index (χ0) is 25.6. The van der Waals surface area contributed by atoms with Crippen molar-refractivity contribution in [3.05, 3.63) is 23.8 Å². The van der Waals surface area contributed by atoms with Crippen LogP contribution in [0.1, 0.15) is 53.5 Å². The van der Waals surface area contributed by atoms with Crippen LogP contribution in [0.5, 0.6) is 0 Å². The van der Waals surface area contributed by atoms with Crippen molar-refractivity contribution in [3.63, 3.8) is 0 Å². The number of hydrogen-bond acceptors (Lipinski definition) is 7. The zero-order valence-corrected chi connectivity index (χ0v) is 20.3. The molecule has 4 amide bonds. The van der Waals surface area contributed by atoms with Crippen LogP contribution in [-0.4, -0.2) is 60.0 Å². The highest BCUT2D eigenvalue weighted by atomic mass is 16.7. The summed E-state index contributed by atoms with van der Waals surface area (Å²) >= 11 is 0.